The standard InChI is InChI=1S/C14H11FN6O.C2H2O4/c15-11-7(3-5-18-13(11)16)8-1-2-10(22)12(20-8)9-4-6-19-14(17)21-9;3-1(4)2(5)6/h1-6,22H,(H2,16,18)(H2,17,19,21);(H,3,4)(H,5,6). The fourth-order valence-electron chi connectivity index (χ4n) is 1.95. The first-order chi connectivity index (χ1) is 13.2. The summed E-state index contributed by atoms with van der Waals surface area (Å²) in [5, 5.41) is 24.7. The molecule has 3 aromatic heterocycles. The largest absolute Gasteiger partial charge is 0.506 e. The molecule has 0 aliphatic heterocycles. The molecule has 0 saturated heterocycles. The lowest BCUT2D eigenvalue weighted by molar-refractivity contribution is -0.159. The number of nitrogens with zero attached hydrogens (tertiary/aromatic N) is 4. The molecule has 3 heterocycles. The van der Waals surface area contributed by atoms with Crippen LogP contribution in [0.1, 0.15) is 0 Å². The Morgan fingerprint density at radius 3 is 2.14 bits per heavy atom. The topological polar surface area (TPSA) is 198 Å². The van der Waals surface area contributed by atoms with Crippen LogP contribution in [0.5, 0.6) is 5.75 Å². The second kappa shape index (κ2) is 8.35. The van der Waals surface area contributed by atoms with E-state index in [2.05, 4.69) is 19.9 Å². The van der Waals surface area contributed by atoms with Crippen molar-refractivity contribution in [2.75, 3.05) is 11.5 Å². The summed E-state index contributed by atoms with van der Waals surface area (Å²) in [5.74, 6) is -4.60. The number of halogens is 1. The lowest BCUT2D eigenvalue weighted by atomic mass is 10.1. The molecule has 0 radical (unpaired) electrons. The van der Waals surface area contributed by atoms with Gasteiger partial charge in [0, 0.05) is 18.0 Å². The first-order valence-corrected chi connectivity index (χ1v) is 7.36. The summed E-state index contributed by atoms with van der Waals surface area (Å²) < 4.78 is 14.1. The molecule has 0 saturated carbocycles. The van der Waals surface area contributed by atoms with Crippen molar-refractivity contribution in [3.8, 4) is 28.4 Å². The van der Waals surface area contributed by atoms with E-state index in [1.807, 2.05) is 0 Å². The fraction of sp³-hybridized carbons (Fsp3) is 0. The zero-order valence-electron chi connectivity index (χ0n) is 13.9. The van der Waals surface area contributed by atoms with Crippen molar-refractivity contribution in [1.29, 1.82) is 0 Å². The SMILES string of the molecule is Nc1nccc(-c2nc(-c3ccnc(N)c3F)ccc2O)n1.O=C(O)C(=O)O. The van der Waals surface area contributed by atoms with Crippen molar-refractivity contribution in [3.05, 3.63) is 42.5 Å². The van der Waals surface area contributed by atoms with Gasteiger partial charge in [-0.15, -0.1) is 0 Å². The van der Waals surface area contributed by atoms with Gasteiger partial charge in [0.2, 0.25) is 5.95 Å². The molecular weight excluding hydrogens is 375 g/mol. The van der Waals surface area contributed by atoms with Crippen LogP contribution in [0.25, 0.3) is 22.6 Å². The Balaban J connectivity index is 0.000000409. The number of rotatable bonds is 2. The first-order valence-electron chi connectivity index (χ1n) is 7.36. The van der Waals surface area contributed by atoms with E-state index >= 15 is 0 Å². The normalized spacial score (nSPS) is 9.89. The fourth-order valence-corrected chi connectivity index (χ4v) is 1.95. The number of hydrogen-bond acceptors (Lipinski definition) is 9. The van der Waals surface area contributed by atoms with Crippen LogP contribution in [0.3, 0.4) is 0 Å². The molecule has 0 aliphatic rings. The van der Waals surface area contributed by atoms with E-state index in [1.54, 1.807) is 6.07 Å². The van der Waals surface area contributed by atoms with Crippen LogP contribution in [0.2, 0.25) is 0 Å². The van der Waals surface area contributed by atoms with Gasteiger partial charge in [-0.25, -0.2) is 33.9 Å². The second-order valence-corrected chi connectivity index (χ2v) is 5.03. The van der Waals surface area contributed by atoms with Crippen LogP contribution in [0, 0.1) is 5.82 Å². The summed E-state index contributed by atoms with van der Waals surface area (Å²) in [5.41, 5.74) is 11.9. The van der Waals surface area contributed by atoms with Gasteiger partial charge < -0.3 is 26.8 Å². The molecule has 28 heavy (non-hydrogen) atoms. The number of anilines is 2. The van der Waals surface area contributed by atoms with E-state index in [0.29, 0.717) is 5.69 Å². The molecule has 0 amide bonds. The number of aliphatic carboxylic acids is 2. The maximum atomic E-state index is 14.1. The third kappa shape index (κ3) is 4.63. The zero-order chi connectivity index (χ0) is 20.8. The molecule has 0 aromatic carbocycles. The Hall–Kier alpha value is -4.35. The predicted octanol–water partition coefficient (Wildman–Crippen LogP) is 0.765. The minimum atomic E-state index is -1.82. The van der Waals surface area contributed by atoms with Crippen molar-refractivity contribution in [2.45, 2.75) is 0 Å². The highest BCUT2D eigenvalue weighted by molar-refractivity contribution is 6.27. The van der Waals surface area contributed by atoms with E-state index in [9.17, 15) is 9.50 Å². The number of nitrogen functional groups attached to an aromatic ring is 2. The lowest BCUT2D eigenvalue weighted by Gasteiger charge is -2.08. The number of aromatic nitrogens is 4. The van der Waals surface area contributed by atoms with Gasteiger partial charge in [0.25, 0.3) is 0 Å². The Morgan fingerprint density at radius 2 is 1.54 bits per heavy atom. The molecule has 0 aliphatic carbocycles. The van der Waals surface area contributed by atoms with Gasteiger partial charge >= 0.3 is 11.9 Å². The molecule has 11 nitrogen and oxygen atoms in total. The lowest BCUT2D eigenvalue weighted by Crippen LogP contribution is -2.09. The smallest absolute Gasteiger partial charge is 0.414 e. The van der Waals surface area contributed by atoms with Crippen LogP contribution in [-0.2, 0) is 9.59 Å². The molecule has 7 N–H and O–H groups in total. The summed E-state index contributed by atoms with van der Waals surface area (Å²) >= 11 is 0. The number of carboxylic acids is 2. The van der Waals surface area contributed by atoms with Gasteiger partial charge in [-0.05, 0) is 24.3 Å². The Labute approximate surface area is 156 Å². The molecule has 0 spiro atoms. The summed E-state index contributed by atoms with van der Waals surface area (Å²) in [6, 6.07) is 5.86. The maximum absolute atomic E-state index is 14.1. The highest BCUT2D eigenvalue weighted by Crippen LogP contribution is 2.30. The molecule has 3 rings (SSSR count). The van der Waals surface area contributed by atoms with E-state index in [4.69, 9.17) is 31.3 Å². The zero-order valence-corrected chi connectivity index (χ0v) is 13.9. The van der Waals surface area contributed by atoms with Crippen molar-refractivity contribution in [3.63, 3.8) is 0 Å². The molecule has 144 valence electrons. The van der Waals surface area contributed by atoms with Crippen LogP contribution in [-0.4, -0.2) is 47.2 Å². The molecule has 0 bridgehead atoms. The molecule has 0 atom stereocenters. The molecule has 3 aromatic rings. The van der Waals surface area contributed by atoms with E-state index < -0.39 is 17.8 Å². The minimum absolute atomic E-state index is 0.0449. The van der Waals surface area contributed by atoms with E-state index in [-0.39, 0.29) is 34.5 Å². The van der Waals surface area contributed by atoms with Gasteiger partial charge in [0.15, 0.2) is 11.6 Å². The Kier molecular flexibility index (Phi) is 5.96. The summed E-state index contributed by atoms with van der Waals surface area (Å²) in [7, 11) is 0. The number of hydrogen-bond donors (Lipinski definition) is 5. The third-order valence-electron chi connectivity index (χ3n) is 3.17. The summed E-state index contributed by atoms with van der Waals surface area (Å²) in [4.78, 5) is 33.9. The predicted molar refractivity (Wildman–Crippen MR) is 94.2 cm³/mol. The number of aromatic hydroxyl groups is 1. The highest BCUT2D eigenvalue weighted by Gasteiger charge is 2.14. The minimum Gasteiger partial charge on any atom is -0.506 e. The van der Waals surface area contributed by atoms with Crippen molar-refractivity contribution in [2.24, 2.45) is 0 Å². The Bertz CT molecular complexity index is 1030. The quantitative estimate of drug-likeness (QED) is 0.388. The van der Waals surface area contributed by atoms with Gasteiger partial charge in [0.1, 0.15) is 11.4 Å². The first kappa shape index (κ1) is 20.0. The molecular formula is C16H13FN6O5. The number of nitrogens with two attached hydrogens (primary N) is 2. The van der Waals surface area contributed by atoms with Gasteiger partial charge in [-0.3, -0.25) is 0 Å². The van der Waals surface area contributed by atoms with E-state index in [0.717, 1.165) is 0 Å². The summed E-state index contributed by atoms with van der Waals surface area (Å²) in [6.45, 7) is 0. The van der Waals surface area contributed by atoms with Gasteiger partial charge in [-0.2, -0.15) is 0 Å². The molecule has 0 fully saturated rings. The van der Waals surface area contributed by atoms with Crippen molar-refractivity contribution < 1.29 is 29.3 Å². The van der Waals surface area contributed by atoms with Gasteiger partial charge in [-0.1, -0.05) is 0 Å². The molecule has 12 heteroatoms. The number of carboxylic acid groups (broad SMARTS) is 2. The van der Waals surface area contributed by atoms with E-state index in [1.165, 1.54) is 30.6 Å². The average Bonchev–Trinajstić information content (AvgIpc) is 2.65. The van der Waals surface area contributed by atoms with Crippen molar-refractivity contribution >= 4 is 23.7 Å². The highest BCUT2D eigenvalue weighted by atomic mass is 19.1. The average molecular weight is 388 g/mol. The number of carbonyl (C=O) groups is 2. The van der Waals surface area contributed by atoms with Gasteiger partial charge in [0.05, 0.1) is 11.4 Å². The van der Waals surface area contributed by atoms with Crippen LogP contribution < -0.4 is 11.5 Å². The maximum Gasteiger partial charge on any atom is 0.414 e. The number of pyridine rings is 2. The van der Waals surface area contributed by atoms with Crippen LogP contribution >= 0.6 is 0 Å². The monoisotopic (exact) mass is 388 g/mol. The van der Waals surface area contributed by atoms with Crippen LogP contribution in [0.15, 0.2) is 36.7 Å². The van der Waals surface area contributed by atoms with Crippen LogP contribution in [0.4, 0.5) is 16.2 Å². The third-order valence-corrected chi connectivity index (χ3v) is 3.17. The summed E-state index contributed by atoms with van der Waals surface area (Å²) in [6.07, 6.45) is 2.82. The molecule has 0 unspecified atom stereocenters. The van der Waals surface area contributed by atoms with Crippen molar-refractivity contribution in [1.82, 2.24) is 19.9 Å². The Morgan fingerprint density at radius 1 is 0.893 bits per heavy atom. The second-order valence-electron chi connectivity index (χ2n) is 5.03.